The summed E-state index contributed by atoms with van der Waals surface area (Å²) < 4.78 is 9.99. The molecule has 3 aromatic rings. The fraction of sp³-hybridized carbons (Fsp3) is 0.133. The van der Waals surface area contributed by atoms with Gasteiger partial charge >= 0.3 is 46.9 Å². The number of para-hydroxylation sites is 1. The van der Waals surface area contributed by atoms with Gasteiger partial charge in [0.2, 0.25) is 11.5 Å². The number of allylic oxidation sites excluding steroid dienone is 4. The van der Waals surface area contributed by atoms with Gasteiger partial charge in [-0.15, -0.1) is 0 Å². The van der Waals surface area contributed by atoms with Crippen LogP contribution in [0.25, 0.3) is 0 Å². The van der Waals surface area contributed by atoms with Gasteiger partial charge in [0.1, 0.15) is 5.75 Å². The predicted molar refractivity (Wildman–Crippen MR) is 176 cm³/mol. The number of methoxy groups -OCH3 is 2. The Hall–Kier alpha value is -5.50. The molecule has 0 heterocycles. The summed E-state index contributed by atoms with van der Waals surface area (Å²) in [4.78, 5) is 39.7. The van der Waals surface area contributed by atoms with Gasteiger partial charge in [0.05, 0.1) is 29.5 Å². The molecule has 0 aromatic heterocycles. The van der Waals surface area contributed by atoms with Gasteiger partial charge in [-0.25, -0.2) is 4.99 Å². The first-order chi connectivity index (χ1) is 22.6. The first-order valence-electron chi connectivity index (χ1n) is 13.1. The SMILES string of the molecule is COC1=CC=C/C(=C/Nc2ccc(C)cc2)C1=O.COc1cccc(C=[NH+]c2ccc(C)cc2)c1[O-].O.O=[N+]([O-])[O-].O=[N+]([O-])[O-].O=[N+]([O-])[O-].[Yb+3]. The van der Waals surface area contributed by atoms with E-state index in [-0.39, 0.29) is 63.9 Å². The fourth-order valence-electron chi connectivity index (χ4n) is 3.24. The topological polar surface area (TPSA) is 315 Å². The molecule has 0 saturated carbocycles. The Morgan fingerprint density at radius 2 is 1.24 bits per heavy atom. The normalized spacial score (nSPS) is 11.3. The van der Waals surface area contributed by atoms with Crippen molar-refractivity contribution >= 4 is 23.4 Å². The van der Waals surface area contributed by atoms with Crippen molar-refractivity contribution in [3.63, 3.8) is 0 Å². The molecule has 4 N–H and O–H groups in total. The van der Waals surface area contributed by atoms with E-state index >= 15 is 0 Å². The Balaban J connectivity index is -0.000000650. The van der Waals surface area contributed by atoms with Crippen LogP contribution >= 0.6 is 0 Å². The molecule has 0 spiro atoms. The standard InChI is InChI=1S/2C15H15NO2.3NO3.H2O.Yb/c2*1-11-6-8-13(9-7-11)16-10-12-4-3-5-14(18-2)15(12)17;3*2-1(3)4;;/h3-10,17H,1-2H3;3-10,16H,1-2H3;;;;1H2;/q;;3*-1;;+3/b;12-10-;;;;;. The maximum Gasteiger partial charge on any atom is 3.00 e. The number of carbonyl (C=O) groups excluding carboxylic acids is 1. The maximum atomic E-state index is 11.9. The molecule has 0 saturated heterocycles. The van der Waals surface area contributed by atoms with Crippen LogP contribution in [0.15, 0.2) is 102 Å². The molecule has 1 radical (unpaired) electrons. The number of hydrogen-bond donors (Lipinski definition) is 2. The minimum absolute atomic E-state index is 0. The first-order valence-corrected chi connectivity index (χ1v) is 13.1. The van der Waals surface area contributed by atoms with Crippen molar-refractivity contribution in [2.45, 2.75) is 13.8 Å². The molecule has 275 valence electrons. The molecule has 1 aliphatic carbocycles. The van der Waals surface area contributed by atoms with Crippen molar-refractivity contribution in [2.24, 2.45) is 0 Å². The van der Waals surface area contributed by atoms with Crippen LogP contribution in [0.3, 0.4) is 0 Å². The Morgan fingerprint density at radius 3 is 1.70 bits per heavy atom. The predicted octanol–water partition coefficient (Wildman–Crippen LogP) is 2.33. The van der Waals surface area contributed by atoms with Crippen LogP contribution in [0, 0.1) is 107 Å². The zero-order valence-corrected chi connectivity index (χ0v) is 28.4. The first kappa shape index (κ1) is 48.9. The smallest absolute Gasteiger partial charge is 0.869 e. The minimum Gasteiger partial charge on any atom is -0.869 e. The van der Waals surface area contributed by atoms with E-state index in [2.05, 4.69) is 10.3 Å². The number of rotatable bonds is 6. The van der Waals surface area contributed by atoms with Crippen LogP contribution in [0.4, 0.5) is 11.4 Å². The average molecular weight is 860 g/mol. The fourth-order valence-corrected chi connectivity index (χ4v) is 3.24. The molecular weight excluding hydrogens is 827 g/mol. The van der Waals surface area contributed by atoms with E-state index < -0.39 is 15.3 Å². The summed E-state index contributed by atoms with van der Waals surface area (Å²) in [5, 5.41) is 59.2. The second kappa shape index (κ2) is 27.5. The number of aryl methyl sites for hydroxylation is 2. The second-order valence-corrected chi connectivity index (χ2v) is 8.74. The Morgan fingerprint density at radius 1 is 0.760 bits per heavy atom. The number of ketones is 1. The molecule has 0 aliphatic heterocycles. The van der Waals surface area contributed by atoms with Crippen LogP contribution in [-0.4, -0.2) is 47.0 Å². The maximum absolute atomic E-state index is 11.9. The number of hydrogen-bond acceptors (Lipinski definition) is 14. The van der Waals surface area contributed by atoms with E-state index in [1.165, 1.54) is 25.3 Å². The molecule has 50 heavy (non-hydrogen) atoms. The summed E-state index contributed by atoms with van der Waals surface area (Å²) in [6, 6.07) is 21.1. The van der Waals surface area contributed by atoms with Gasteiger partial charge in [0.15, 0.2) is 12.0 Å². The van der Waals surface area contributed by atoms with E-state index in [0.29, 0.717) is 22.6 Å². The van der Waals surface area contributed by atoms with Crippen LogP contribution in [-0.2, 0) is 9.53 Å². The third-order valence-electron chi connectivity index (χ3n) is 5.35. The number of benzene rings is 3. The quantitative estimate of drug-likeness (QED) is 0.156. The van der Waals surface area contributed by atoms with Gasteiger partial charge < -0.3 is 71.3 Å². The molecule has 19 nitrogen and oxygen atoms in total. The monoisotopic (exact) mass is 860 g/mol. The number of ether oxygens (including phenoxy) is 2. The molecule has 0 unspecified atom stereocenters. The van der Waals surface area contributed by atoms with E-state index in [9.17, 15) is 9.90 Å². The van der Waals surface area contributed by atoms with E-state index in [4.69, 9.17) is 55.4 Å². The van der Waals surface area contributed by atoms with Gasteiger partial charge in [-0.3, -0.25) is 4.79 Å². The summed E-state index contributed by atoms with van der Waals surface area (Å²) in [6.07, 6.45) is 8.59. The molecular formula is C30H32N5O14Yb. The molecule has 0 fully saturated rings. The van der Waals surface area contributed by atoms with Crippen LogP contribution in [0.5, 0.6) is 11.5 Å². The number of Topliss-reactive ketones (excluding diaryl/α,β-unsaturated/α-hetero) is 1. The zero-order chi connectivity index (χ0) is 36.6. The largest absolute Gasteiger partial charge is 3.00 e. The molecule has 4 rings (SSSR count). The Bertz CT molecular complexity index is 1590. The van der Waals surface area contributed by atoms with Gasteiger partial charge in [0, 0.05) is 35.2 Å². The van der Waals surface area contributed by atoms with E-state index in [1.807, 2.05) is 62.4 Å². The summed E-state index contributed by atoms with van der Waals surface area (Å²) >= 11 is 0. The number of carbonyl (C=O) groups is 1. The minimum atomic E-state index is -1.75. The molecule has 0 atom stereocenters. The van der Waals surface area contributed by atoms with Gasteiger partial charge in [0.25, 0.3) is 0 Å². The Labute approximate surface area is 323 Å². The van der Waals surface area contributed by atoms with Crippen molar-refractivity contribution in [3.05, 3.63) is 165 Å². The van der Waals surface area contributed by atoms with Crippen molar-refractivity contribution in [3.8, 4) is 11.5 Å². The summed E-state index contributed by atoms with van der Waals surface area (Å²) in [7, 11) is 2.99. The van der Waals surface area contributed by atoms with Crippen molar-refractivity contribution < 1.29 is 92.0 Å². The van der Waals surface area contributed by atoms with Crippen molar-refractivity contribution in [2.75, 3.05) is 19.5 Å². The molecule has 1 aliphatic rings. The van der Waals surface area contributed by atoms with Crippen LogP contribution in [0.2, 0.25) is 0 Å². The average Bonchev–Trinajstić information content (AvgIpc) is 3.01. The summed E-state index contributed by atoms with van der Waals surface area (Å²) in [5.74, 6) is 0.489. The van der Waals surface area contributed by atoms with Crippen molar-refractivity contribution in [1.82, 2.24) is 0 Å². The summed E-state index contributed by atoms with van der Waals surface area (Å²) in [5.41, 5.74) is 5.45. The number of anilines is 1. The summed E-state index contributed by atoms with van der Waals surface area (Å²) in [6.45, 7) is 4.07. The van der Waals surface area contributed by atoms with E-state index in [0.717, 1.165) is 11.4 Å². The molecule has 3 aromatic carbocycles. The number of nitrogens with zero attached hydrogens (tertiary/aromatic N) is 3. The van der Waals surface area contributed by atoms with Gasteiger partial charge in [-0.05, 0) is 50.3 Å². The van der Waals surface area contributed by atoms with Crippen molar-refractivity contribution in [1.29, 1.82) is 0 Å². The molecule has 0 amide bonds. The zero-order valence-electron chi connectivity index (χ0n) is 26.7. The number of nitrogens with one attached hydrogen (secondary N) is 2. The second-order valence-electron chi connectivity index (χ2n) is 8.74. The van der Waals surface area contributed by atoms with Crippen LogP contribution in [0.1, 0.15) is 16.7 Å². The third kappa shape index (κ3) is 22.9. The van der Waals surface area contributed by atoms with Gasteiger partial charge in [-0.2, -0.15) is 0 Å². The van der Waals surface area contributed by atoms with Crippen LogP contribution < -0.4 is 20.2 Å². The van der Waals surface area contributed by atoms with E-state index in [1.54, 1.807) is 48.8 Å². The Kier molecular flexibility index (Phi) is 26.8. The van der Waals surface area contributed by atoms with Gasteiger partial charge in [-0.1, -0.05) is 53.3 Å². The third-order valence-corrected chi connectivity index (χ3v) is 5.35. The molecule has 20 heteroatoms. The molecule has 0 bridgehead atoms.